The predicted octanol–water partition coefficient (Wildman–Crippen LogP) is 0.214. The maximum Gasteiger partial charge on any atom is 0.225 e. The smallest absolute Gasteiger partial charge is 0.225 e. The lowest BCUT2D eigenvalue weighted by atomic mass is 10.1. The van der Waals surface area contributed by atoms with Gasteiger partial charge < -0.3 is 10.2 Å². The standard InChI is InChI=1S/C14H17N5O2/c1-2-18-9-10(7-13(18)20)14(21)15-8-12-17-16-11-5-3-4-6-19(11)12/h3-6,10H,2,7-9H2,1H3,(H,15,21)/t10-/m0/s1. The molecular weight excluding hydrogens is 270 g/mol. The Kier molecular flexibility index (Phi) is 3.55. The molecule has 0 unspecified atom stereocenters. The van der Waals surface area contributed by atoms with Crippen LogP contribution in [0, 0.1) is 5.92 Å². The van der Waals surface area contributed by atoms with Crippen molar-refractivity contribution in [2.75, 3.05) is 13.1 Å². The molecule has 7 nitrogen and oxygen atoms in total. The fourth-order valence-electron chi connectivity index (χ4n) is 2.58. The van der Waals surface area contributed by atoms with Crippen LogP contribution in [0.1, 0.15) is 19.2 Å². The van der Waals surface area contributed by atoms with Gasteiger partial charge in [-0.05, 0) is 19.1 Å². The molecule has 0 saturated carbocycles. The molecule has 1 aliphatic rings. The van der Waals surface area contributed by atoms with E-state index in [0.717, 1.165) is 5.65 Å². The number of hydrogen-bond acceptors (Lipinski definition) is 4. The van der Waals surface area contributed by atoms with Crippen molar-refractivity contribution in [3.05, 3.63) is 30.2 Å². The molecule has 0 spiro atoms. The Morgan fingerprint density at radius 1 is 1.43 bits per heavy atom. The third kappa shape index (κ3) is 2.58. The highest BCUT2D eigenvalue weighted by atomic mass is 16.2. The fourth-order valence-corrected chi connectivity index (χ4v) is 2.58. The zero-order chi connectivity index (χ0) is 14.8. The molecule has 1 N–H and O–H groups in total. The molecule has 3 rings (SSSR count). The second kappa shape index (κ2) is 5.51. The Balaban J connectivity index is 1.63. The van der Waals surface area contributed by atoms with Crippen LogP contribution >= 0.6 is 0 Å². The summed E-state index contributed by atoms with van der Waals surface area (Å²) in [5.74, 6) is 0.352. The van der Waals surface area contributed by atoms with E-state index in [1.165, 1.54) is 0 Å². The van der Waals surface area contributed by atoms with Gasteiger partial charge in [0.2, 0.25) is 11.8 Å². The highest BCUT2D eigenvalue weighted by Crippen LogP contribution is 2.17. The summed E-state index contributed by atoms with van der Waals surface area (Å²) in [4.78, 5) is 25.5. The van der Waals surface area contributed by atoms with E-state index in [1.807, 2.05) is 35.7 Å². The average Bonchev–Trinajstić information content (AvgIpc) is 3.08. The fraction of sp³-hybridized carbons (Fsp3) is 0.429. The van der Waals surface area contributed by atoms with Gasteiger partial charge in [-0.25, -0.2) is 0 Å². The van der Waals surface area contributed by atoms with Gasteiger partial charge in [0.15, 0.2) is 11.5 Å². The molecule has 2 aromatic heterocycles. The number of carbonyl (C=O) groups is 2. The quantitative estimate of drug-likeness (QED) is 0.872. The Labute approximate surface area is 122 Å². The lowest BCUT2D eigenvalue weighted by Gasteiger charge is -2.13. The van der Waals surface area contributed by atoms with Crippen LogP contribution < -0.4 is 5.32 Å². The first-order chi connectivity index (χ1) is 10.2. The second-order valence-electron chi connectivity index (χ2n) is 5.10. The first-order valence-electron chi connectivity index (χ1n) is 7.03. The lowest BCUT2D eigenvalue weighted by Crippen LogP contribution is -2.33. The number of aromatic nitrogens is 3. The summed E-state index contributed by atoms with van der Waals surface area (Å²) >= 11 is 0. The van der Waals surface area contributed by atoms with E-state index in [0.29, 0.717) is 31.9 Å². The molecule has 1 atom stereocenters. The number of fused-ring (bicyclic) bond motifs is 1. The van der Waals surface area contributed by atoms with E-state index in [2.05, 4.69) is 15.5 Å². The van der Waals surface area contributed by atoms with Crippen LogP contribution in [0.4, 0.5) is 0 Å². The van der Waals surface area contributed by atoms with Gasteiger partial charge in [0.25, 0.3) is 0 Å². The maximum absolute atomic E-state index is 12.1. The van der Waals surface area contributed by atoms with Crippen molar-refractivity contribution >= 4 is 17.5 Å². The minimum atomic E-state index is -0.267. The molecule has 0 bridgehead atoms. The summed E-state index contributed by atoms with van der Waals surface area (Å²) < 4.78 is 1.83. The van der Waals surface area contributed by atoms with E-state index in [4.69, 9.17) is 0 Å². The molecule has 2 amide bonds. The highest BCUT2D eigenvalue weighted by molar-refractivity contribution is 5.89. The van der Waals surface area contributed by atoms with Gasteiger partial charge in [-0.3, -0.25) is 14.0 Å². The zero-order valence-electron chi connectivity index (χ0n) is 11.8. The van der Waals surface area contributed by atoms with Crippen LogP contribution in [0.25, 0.3) is 5.65 Å². The predicted molar refractivity (Wildman–Crippen MR) is 75.2 cm³/mol. The Bertz CT molecular complexity index is 681. The number of carbonyl (C=O) groups excluding carboxylic acids is 2. The van der Waals surface area contributed by atoms with E-state index in [-0.39, 0.29) is 17.7 Å². The van der Waals surface area contributed by atoms with Crippen LogP contribution in [0.5, 0.6) is 0 Å². The Morgan fingerprint density at radius 3 is 3.05 bits per heavy atom. The van der Waals surface area contributed by atoms with Crippen molar-refractivity contribution in [2.45, 2.75) is 19.9 Å². The molecule has 3 heterocycles. The maximum atomic E-state index is 12.1. The first kappa shape index (κ1) is 13.5. The highest BCUT2D eigenvalue weighted by Gasteiger charge is 2.33. The van der Waals surface area contributed by atoms with E-state index >= 15 is 0 Å². The van der Waals surface area contributed by atoms with Crippen LogP contribution in [0.3, 0.4) is 0 Å². The second-order valence-corrected chi connectivity index (χ2v) is 5.10. The number of likely N-dealkylation sites (tertiary alicyclic amines) is 1. The van der Waals surface area contributed by atoms with E-state index < -0.39 is 0 Å². The van der Waals surface area contributed by atoms with Gasteiger partial charge >= 0.3 is 0 Å². The SMILES string of the molecule is CCN1C[C@@H](C(=O)NCc2nnc3ccccn23)CC1=O. The Morgan fingerprint density at radius 2 is 2.29 bits per heavy atom. The van der Waals surface area contributed by atoms with Crippen molar-refractivity contribution in [1.82, 2.24) is 24.8 Å². The summed E-state index contributed by atoms with van der Waals surface area (Å²) in [7, 11) is 0. The van der Waals surface area contributed by atoms with Crippen molar-refractivity contribution < 1.29 is 9.59 Å². The van der Waals surface area contributed by atoms with Gasteiger partial charge in [0.05, 0.1) is 12.5 Å². The molecule has 7 heteroatoms. The summed E-state index contributed by atoms with van der Waals surface area (Å²) in [6.45, 7) is 3.38. The molecule has 110 valence electrons. The zero-order valence-corrected chi connectivity index (χ0v) is 11.8. The molecule has 21 heavy (non-hydrogen) atoms. The van der Waals surface area contributed by atoms with Gasteiger partial charge in [-0.15, -0.1) is 10.2 Å². The molecule has 1 aliphatic heterocycles. The van der Waals surface area contributed by atoms with Gasteiger partial charge in [-0.1, -0.05) is 6.07 Å². The summed E-state index contributed by atoms with van der Waals surface area (Å²) in [5.41, 5.74) is 0.745. The topological polar surface area (TPSA) is 79.6 Å². The number of nitrogens with one attached hydrogen (secondary N) is 1. The van der Waals surface area contributed by atoms with Crippen LogP contribution in [0.2, 0.25) is 0 Å². The number of nitrogens with zero attached hydrogens (tertiary/aromatic N) is 4. The summed E-state index contributed by atoms with van der Waals surface area (Å²) in [6.07, 6.45) is 2.15. The summed E-state index contributed by atoms with van der Waals surface area (Å²) in [6, 6.07) is 5.62. The minimum Gasteiger partial charge on any atom is -0.348 e. The molecule has 0 aliphatic carbocycles. The third-order valence-electron chi connectivity index (χ3n) is 3.77. The molecule has 2 aromatic rings. The largest absolute Gasteiger partial charge is 0.348 e. The summed E-state index contributed by atoms with van der Waals surface area (Å²) in [5, 5.41) is 10.9. The average molecular weight is 287 g/mol. The Hall–Kier alpha value is -2.44. The van der Waals surface area contributed by atoms with E-state index in [1.54, 1.807) is 4.90 Å². The monoisotopic (exact) mass is 287 g/mol. The molecule has 1 saturated heterocycles. The van der Waals surface area contributed by atoms with Crippen molar-refractivity contribution in [1.29, 1.82) is 0 Å². The van der Waals surface area contributed by atoms with Gasteiger partial charge in [0, 0.05) is 25.7 Å². The van der Waals surface area contributed by atoms with Crippen LogP contribution in [0.15, 0.2) is 24.4 Å². The van der Waals surface area contributed by atoms with Crippen LogP contribution in [-0.4, -0.2) is 44.4 Å². The number of rotatable bonds is 4. The number of hydrogen-bond donors (Lipinski definition) is 1. The molecule has 0 radical (unpaired) electrons. The number of pyridine rings is 1. The molecular formula is C14H17N5O2. The number of amides is 2. The molecule has 0 aromatic carbocycles. The van der Waals surface area contributed by atoms with Crippen LogP contribution in [-0.2, 0) is 16.1 Å². The third-order valence-corrected chi connectivity index (χ3v) is 3.77. The molecule has 1 fully saturated rings. The normalized spacial score (nSPS) is 18.4. The van der Waals surface area contributed by atoms with Gasteiger partial charge in [0.1, 0.15) is 0 Å². The first-order valence-corrected chi connectivity index (χ1v) is 7.03. The van der Waals surface area contributed by atoms with Gasteiger partial charge in [-0.2, -0.15) is 0 Å². The minimum absolute atomic E-state index is 0.0468. The van der Waals surface area contributed by atoms with Crippen molar-refractivity contribution in [2.24, 2.45) is 5.92 Å². The lowest BCUT2D eigenvalue weighted by molar-refractivity contribution is -0.128. The van der Waals surface area contributed by atoms with Crippen molar-refractivity contribution in [3.8, 4) is 0 Å². The van der Waals surface area contributed by atoms with E-state index in [9.17, 15) is 9.59 Å². The van der Waals surface area contributed by atoms with Crippen molar-refractivity contribution in [3.63, 3.8) is 0 Å².